The summed E-state index contributed by atoms with van der Waals surface area (Å²) in [6.07, 6.45) is 2.16. The predicted molar refractivity (Wildman–Crippen MR) is 73.1 cm³/mol. The summed E-state index contributed by atoms with van der Waals surface area (Å²) >= 11 is 0. The quantitative estimate of drug-likeness (QED) is 0.813. The van der Waals surface area contributed by atoms with Crippen molar-refractivity contribution < 1.29 is 0 Å². The van der Waals surface area contributed by atoms with Crippen LogP contribution in [0.3, 0.4) is 0 Å². The summed E-state index contributed by atoms with van der Waals surface area (Å²) < 4.78 is 0. The fourth-order valence-corrected chi connectivity index (χ4v) is 1.69. The smallest absolute Gasteiger partial charge is 0.0678 e. The fraction of sp³-hybridized carbons (Fsp3) is 0.643. The van der Waals surface area contributed by atoms with Gasteiger partial charge in [0.05, 0.1) is 5.69 Å². The molecular formula is C14H25N3. The van der Waals surface area contributed by atoms with Gasteiger partial charge in [0.15, 0.2) is 0 Å². The SMILES string of the molecule is CC=C(C)CN(C)Cc1cc(C(C)(C)C)n[nH]1. The first-order valence-electron chi connectivity index (χ1n) is 6.18. The topological polar surface area (TPSA) is 31.9 Å². The molecule has 0 atom stereocenters. The summed E-state index contributed by atoms with van der Waals surface area (Å²) in [5.74, 6) is 0. The molecule has 0 spiro atoms. The standard InChI is InChI=1S/C14H25N3/c1-7-11(2)9-17(6)10-12-8-13(16-15-12)14(3,4)5/h7-8H,9-10H2,1-6H3,(H,15,16). The van der Waals surface area contributed by atoms with E-state index in [-0.39, 0.29) is 5.41 Å². The zero-order valence-corrected chi connectivity index (χ0v) is 12.0. The maximum Gasteiger partial charge on any atom is 0.0678 e. The van der Waals surface area contributed by atoms with Crippen molar-refractivity contribution in [1.29, 1.82) is 0 Å². The maximum absolute atomic E-state index is 4.37. The van der Waals surface area contributed by atoms with Gasteiger partial charge in [-0.3, -0.25) is 10.00 Å². The fourth-order valence-electron chi connectivity index (χ4n) is 1.69. The molecule has 96 valence electrons. The number of nitrogens with one attached hydrogen (secondary N) is 1. The van der Waals surface area contributed by atoms with E-state index in [2.05, 4.69) is 68.9 Å². The van der Waals surface area contributed by atoms with E-state index in [1.165, 1.54) is 11.3 Å². The Balaban J connectivity index is 2.61. The summed E-state index contributed by atoms with van der Waals surface area (Å²) in [5, 5.41) is 7.50. The Morgan fingerprint density at radius 3 is 2.59 bits per heavy atom. The average molecular weight is 235 g/mol. The first kappa shape index (κ1) is 14.0. The van der Waals surface area contributed by atoms with Crippen LogP contribution in [0.2, 0.25) is 0 Å². The third-order valence-electron chi connectivity index (χ3n) is 2.85. The second-order valence-electron chi connectivity index (χ2n) is 5.84. The molecule has 0 saturated heterocycles. The molecule has 0 aromatic carbocycles. The van der Waals surface area contributed by atoms with Crippen molar-refractivity contribution >= 4 is 0 Å². The molecule has 17 heavy (non-hydrogen) atoms. The molecule has 0 amide bonds. The highest BCUT2D eigenvalue weighted by Gasteiger charge is 2.17. The van der Waals surface area contributed by atoms with Gasteiger partial charge >= 0.3 is 0 Å². The Kier molecular flexibility index (Phi) is 4.52. The number of allylic oxidation sites excluding steroid dienone is 1. The Hall–Kier alpha value is -1.09. The number of hydrogen-bond donors (Lipinski definition) is 1. The Labute approximate surface area is 105 Å². The normalized spacial score (nSPS) is 13.5. The van der Waals surface area contributed by atoms with Crippen molar-refractivity contribution in [3.05, 3.63) is 29.1 Å². The van der Waals surface area contributed by atoms with Crippen LogP contribution in [0, 0.1) is 0 Å². The van der Waals surface area contributed by atoms with Crippen LogP contribution in [-0.2, 0) is 12.0 Å². The molecule has 0 fully saturated rings. The third-order valence-corrected chi connectivity index (χ3v) is 2.85. The second kappa shape index (κ2) is 5.50. The van der Waals surface area contributed by atoms with E-state index in [1.54, 1.807) is 0 Å². The minimum absolute atomic E-state index is 0.118. The van der Waals surface area contributed by atoms with E-state index in [4.69, 9.17) is 0 Å². The number of likely N-dealkylation sites (N-methyl/N-ethyl adjacent to an activating group) is 1. The number of H-pyrrole nitrogens is 1. The monoisotopic (exact) mass is 235 g/mol. The van der Waals surface area contributed by atoms with Crippen LogP contribution in [0.5, 0.6) is 0 Å². The van der Waals surface area contributed by atoms with Gasteiger partial charge in [-0.2, -0.15) is 5.10 Å². The number of aromatic amines is 1. The average Bonchev–Trinajstić information content (AvgIpc) is 2.65. The van der Waals surface area contributed by atoms with Crippen molar-refractivity contribution in [2.24, 2.45) is 0 Å². The minimum Gasteiger partial charge on any atom is -0.297 e. The Bertz CT molecular complexity index is 382. The van der Waals surface area contributed by atoms with Crippen molar-refractivity contribution in [2.75, 3.05) is 13.6 Å². The van der Waals surface area contributed by atoms with E-state index >= 15 is 0 Å². The number of rotatable bonds is 4. The van der Waals surface area contributed by atoms with E-state index in [0.29, 0.717) is 0 Å². The third kappa shape index (κ3) is 4.35. The maximum atomic E-state index is 4.37. The van der Waals surface area contributed by atoms with Crippen LogP contribution in [0.15, 0.2) is 17.7 Å². The van der Waals surface area contributed by atoms with Gasteiger partial charge in [-0.15, -0.1) is 0 Å². The summed E-state index contributed by atoms with van der Waals surface area (Å²) in [6, 6.07) is 2.17. The lowest BCUT2D eigenvalue weighted by molar-refractivity contribution is 0.350. The molecule has 1 aromatic rings. The van der Waals surface area contributed by atoms with Gasteiger partial charge in [0, 0.05) is 24.2 Å². The zero-order valence-electron chi connectivity index (χ0n) is 12.0. The lowest BCUT2D eigenvalue weighted by Gasteiger charge is -2.16. The Morgan fingerprint density at radius 1 is 1.47 bits per heavy atom. The first-order valence-corrected chi connectivity index (χ1v) is 6.18. The lowest BCUT2D eigenvalue weighted by Crippen LogP contribution is -2.20. The van der Waals surface area contributed by atoms with Crippen LogP contribution in [-0.4, -0.2) is 28.7 Å². The zero-order chi connectivity index (χ0) is 13.1. The molecule has 0 aliphatic heterocycles. The molecule has 3 heteroatoms. The molecule has 0 saturated carbocycles. The summed E-state index contributed by atoms with van der Waals surface area (Å²) in [5.41, 5.74) is 3.82. The molecule has 0 aliphatic rings. The molecule has 1 heterocycles. The van der Waals surface area contributed by atoms with Gasteiger partial charge in [-0.1, -0.05) is 32.4 Å². The highest BCUT2D eigenvalue weighted by Crippen LogP contribution is 2.20. The molecule has 0 radical (unpaired) electrons. The molecular weight excluding hydrogens is 210 g/mol. The van der Waals surface area contributed by atoms with Crippen LogP contribution in [0.1, 0.15) is 46.0 Å². The second-order valence-corrected chi connectivity index (χ2v) is 5.84. The molecule has 1 aromatic heterocycles. The Morgan fingerprint density at radius 2 is 2.12 bits per heavy atom. The summed E-state index contributed by atoms with van der Waals surface area (Å²) in [4.78, 5) is 2.29. The van der Waals surface area contributed by atoms with Crippen LogP contribution >= 0.6 is 0 Å². The van der Waals surface area contributed by atoms with Gasteiger partial charge in [0.25, 0.3) is 0 Å². The van der Waals surface area contributed by atoms with Crippen LogP contribution in [0.25, 0.3) is 0 Å². The molecule has 0 unspecified atom stereocenters. The van der Waals surface area contributed by atoms with Gasteiger partial charge in [-0.05, 0) is 27.0 Å². The molecule has 1 N–H and O–H groups in total. The summed E-state index contributed by atoms with van der Waals surface area (Å²) in [6.45, 7) is 12.7. The molecule has 0 aliphatic carbocycles. The summed E-state index contributed by atoms with van der Waals surface area (Å²) in [7, 11) is 2.13. The molecule has 0 bridgehead atoms. The van der Waals surface area contributed by atoms with Crippen LogP contribution < -0.4 is 0 Å². The van der Waals surface area contributed by atoms with Gasteiger partial charge in [0.2, 0.25) is 0 Å². The number of nitrogens with zero attached hydrogens (tertiary/aromatic N) is 2. The van der Waals surface area contributed by atoms with Gasteiger partial charge in [0.1, 0.15) is 0 Å². The van der Waals surface area contributed by atoms with Crippen molar-refractivity contribution in [1.82, 2.24) is 15.1 Å². The van der Waals surface area contributed by atoms with Crippen molar-refractivity contribution in [3.8, 4) is 0 Å². The number of aromatic nitrogens is 2. The van der Waals surface area contributed by atoms with Crippen molar-refractivity contribution in [3.63, 3.8) is 0 Å². The van der Waals surface area contributed by atoms with E-state index < -0.39 is 0 Å². The van der Waals surface area contributed by atoms with Gasteiger partial charge < -0.3 is 0 Å². The molecule has 3 nitrogen and oxygen atoms in total. The highest BCUT2D eigenvalue weighted by molar-refractivity contribution is 5.16. The lowest BCUT2D eigenvalue weighted by atomic mass is 9.92. The minimum atomic E-state index is 0.118. The predicted octanol–water partition coefficient (Wildman–Crippen LogP) is 3.11. The first-order chi connectivity index (χ1) is 7.82. The van der Waals surface area contributed by atoms with E-state index in [0.717, 1.165) is 18.8 Å². The number of hydrogen-bond acceptors (Lipinski definition) is 2. The van der Waals surface area contributed by atoms with Gasteiger partial charge in [-0.25, -0.2) is 0 Å². The van der Waals surface area contributed by atoms with Crippen LogP contribution in [0.4, 0.5) is 0 Å². The van der Waals surface area contributed by atoms with E-state index in [1.807, 2.05) is 0 Å². The van der Waals surface area contributed by atoms with E-state index in [9.17, 15) is 0 Å². The highest BCUT2D eigenvalue weighted by atomic mass is 15.2. The molecule has 1 rings (SSSR count). The largest absolute Gasteiger partial charge is 0.297 e. The van der Waals surface area contributed by atoms with Crippen molar-refractivity contribution in [2.45, 2.75) is 46.6 Å².